The minimum atomic E-state index is -0.628. The van der Waals surface area contributed by atoms with E-state index in [2.05, 4.69) is 10.6 Å². The maximum atomic E-state index is 13.0. The summed E-state index contributed by atoms with van der Waals surface area (Å²) in [5.74, 6) is 0.254. The number of benzene rings is 2. The molecule has 0 atom stereocenters. The molecule has 7 heteroatoms. The number of methoxy groups -OCH3 is 1. The molecule has 2 aromatic rings. The lowest BCUT2D eigenvalue weighted by Gasteiger charge is -2.37. The molecule has 1 fully saturated rings. The number of rotatable bonds is 2. The molecule has 2 aliphatic heterocycles. The van der Waals surface area contributed by atoms with Crippen LogP contribution in [0, 0.1) is 5.82 Å². The highest BCUT2D eigenvalue weighted by Gasteiger charge is 2.49. The minimum Gasteiger partial charge on any atom is -0.495 e. The average Bonchev–Trinajstić information content (AvgIpc) is 2.96. The van der Waals surface area contributed by atoms with E-state index in [4.69, 9.17) is 4.74 Å². The van der Waals surface area contributed by atoms with Crippen molar-refractivity contribution < 1.29 is 18.7 Å². The molecule has 140 valence electrons. The number of piperidine rings is 1. The van der Waals surface area contributed by atoms with Gasteiger partial charge in [0.25, 0.3) is 0 Å². The Morgan fingerprint density at radius 3 is 2.56 bits per heavy atom. The van der Waals surface area contributed by atoms with E-state index in [1.807, 2.05) is 18.2 Å². The van der Waals surface area contributed by atoms with Gasteiger partial charge in [0.05, 0.1) is 18.2 Å². The van der Waals surface area contributed by atoms with E-state index >= 15 is 0 Å². The first-order valence-corrected chi connectivity index (χ1v) is 8.84. The summed E-state index contributed by atoms with van der Waals surface area (Å²) in [5, 5.41) is 5.71. The van der Waals surface area contributed by atoms with Gasteiger partial charge in [0.15, 0.2) is 0 Å². The van der Waals surface area contributed by atoms with Gasteiger partial charge in [-0.2, -0.15) is 0 Å². The molecule has 0 aromatic heterocycles. The molecule has 2 heterocycles. The van der Waals surface area contributed by atoms with Gasteiger partial charge in [-0.1, -0.05) is 12.1 Å². The normalized spacial score (nSPS) is 17.4. The quantitative estimate of drug-likeness (QED) is 0.853. The van der Waals surface area contributed by atoms with Crippen LogP contribution in [0.2, 0.25) is 0 Å². The third-order valence-electron chi connectivity index (χ3n) is 5.43. The summed E-state index contributed by atoms with van der Waals surface area (Å²) in [4.78, 5) is 26.9. The van der Waals surface area contributed by atoms with Crippen LogP contribution in [0.25, 0.3) is 0 Å². The molecule has 3 amide bonds. The van der Waals surface area contributed by atoms with Crippen molar-refractivity contribution in [2.75, 3.05) is 30.8 Å². The van der Waals surface area contributed by atoms with Crippen LogP contribution >= 0.6 is 0 Å². The van der Waals surface area contributed by atoms with Crippen LogP contribution in [0.4, 0.5) is 20.6 Å². The maximum Gasteiger partial charge on any atom is 0.321 e. The molecule has 27 heavy (non-hydrogen) atoms. The highest BCUT2D eigenvalue weighted by Crippen LogP contribution is 2.48. The second-order valence-electron chi connectivity index (χ2n) is 6.84. The van der Waals surface area contributed by atoms with E-state index in [0.29, 0.717) is 37.4 Å². The van der Waals surface area contributed by atoms with E-state index in [-0.39, 0.29) is 17.8 Å². The first kappa shape index (κ1) is 17.3. The van der Waals surface area contributed by atoms with Crippen LogP contribution < -0.4 is 15.4 Å². The number of halogens is 1. The zero-order chi connectivity index (χ0) is 19.0. The number of para-hydroxylation sites is 1. The van der Waals surface area contributed by atoms with Gasteiger partial charge >= 0.3 is 6.03 Å². The van der Waals surface area contributed by atoms with Gasteiger partial charge in [-0.25, -0.2) is 9.18 Å². The number of carbonyl (C=O) groups is 2. The zero-order valence-electron chi connectivity index (χ0n) is 14.9. The summed E-state index contributed by atoms with van der Waals surface area (Å²) in [6.45, 7) is 0.911. The van der Waals surface area contributed by atoms with Gasteiger partial charge in [0.1, 0.15) is 11.6 Å². The summed E-state index contributed by atoms with van der Waals surface area (Å²) in [6.07, 6.45) is 1.08. The van der Waals surface area contributed by atoms with Crippen LogP contribution in [0.15, 0.2) is 42.5 Å². The number of hydrogen-bond donors (Lipinski definition) is 2. The monoisotopic (exact) mass is 369 g/mol. The van der Waals surface area contributed by atoms with Crippen LogP contribution in [0.5, 0.6) is 5.75 Å². The Kier molecular flexibility index (Phi) is 4.22. The number of ether oxygens (including phenoxy) is 1. The fourth-order valence-electron chi connectivity index (χ4n) is 3.91. The summed E-state index contributed by atoms with van der Waals surface area (Å²) < 4.78 is 18.3. The lowest BCUT2D eigenvalue weighted by Crippen LogP contribution is -2.49. The molecule has 0 bridgehead atoms. The van der Waals surface area contributed by atoms with Crippen molar-refractivity contribution in [1.82, 2.24) is 4.90 Å². The van der Waals surface area contributed by atoms with Crippen molar-refractivity contribution in [1.29, 1.82) is 0 Å². The molecular formula is C20H20FN3O3. The lowest BCUT2D eigenvalue weighted by atomic mass is 9.73. The van der Waals surface area contributed by atoms with Crippen molar-refractivity contribution in [3.05, 3.63) is 53.8 Å². The van der Waals surface area contributed by atoms with Crippen molar-refractivity contribution in [3.63, 3.8) is 0 Å². The van der Waals surface area contributed by atoms with Crippen LogP contribution in [0.1, 0.15) is 18.4 Å². The molecule has 2 aliphatic rings. The maximum absolute atomic E-state index is 13.0. The first-order valence-electron chi connectivity index (χ1n) is 8.84. The minimum absolute atomic E-state index is 0.0411. The lowest BCUT2D eigenvalue weighted by molar-refractivity contribution is -0.122. The fourth-order valence-corrected chi connectivity index (χ4v) is 3.91. The number of likely N-dealkylation sites (tertiary alicyclic amines) is 1. The van der Waals surface area contributed by atoms with Gasteiger partial charge in [-0.05, 0) is 48.7 Å². The smallest absolute Gasteiger partial charge is 0.321 e. The summed E-state index contributed by atoms with van der Waals surface area (Å²) in [7, 11) is 1.58. The van der Waals surface area contributed by atoms with Crippen LogP contribution in [-0.4, -0.2) is 37.0 Å². The van der Waals surface area contributed by atoms with Gasteiger partial charge in [-0.3, -0.25) is 4.79 Å². The van der Waals surface area contributed by atoms with Gasteiger partial charge in [-0.15, -0.1) is 0 Å². The standard InChI is InChI=1S/C20H20FN3O3/c1-27-16-4-2-3-15-17(16)23-18(25)20(15)9-11-24(12-10-20)19(26)22-14-7-5-13(21)6-8-14/h2-8H,9-12H2,1H3,(H,22,26)(H,23,25). The molecule has 2 N–H and O–H groups in total. The molecular weight excluding hydrogens is 349 g/mol. The second-order valence-corrected chi connectivity index (χ2v) is 6.84. The number of amides is 3. The van der Waals surface area contributed by atoms with Crippen molar-refractivity contribution in [3.8, 4) is 5.75 Å². The number of anilines is 2. The van der Waals surface area contributed by atoms with Crippen LogP contribution in [0.3, 0.4) is 0 Å². The number of urea groups is 1. The van der Waals surface area contributed by atoms with E-state index in [1.165, 1.54) is 24.3 Å². The molecule has 1 spiro atoms. The third kappa shape index (κ3) is 2.89. The highest BCUT2D eigenvalue weighted by atomic mass is 19.1. The molecule has 0 saturated carbocycles. The number of nitrogens with one attached hydrogen (secondary N) is 2. The van der Waals surface area contributed by atoms with E-state index in [9.17, 15) is 14.0 Å². The SMILES string of the molecule is COc1cccc2c1NC(=O)C21CCN(C(=O)Nc2ccc(F)cc2)CC1. The van der Waals surface area contributed by atoms with Crippen molar-refractivity contribution >= 4 is 23.3 Å². The number of carbonyl (C=O) groups excluding carboxylic acids is 2. The molecule has 2 aromatic carbocycles. The average molecular weight is 369 g/mol. The van der Waals surface area contributed by atoms with E-state index in [1.54, 1.807) is 12.0 Å². The predicted molar refractivity (Wildman–Crippen MR) is 99.5 cm³/mol. The molecule has 1 saturated heterocycles. The zero-order valence-corrected chi connectivity index (χ0v) is 14.9. The van der Waals surface area contributed by atoms with E-state index < -0.39 is 5.41 Å². The molecule has 0 aliphatic carbocycles. The predicted octanol–water partition coefficient (Wildman–Crippen LogP) is 3.35. The molecule has 6 nitrogen and oxygen atoms in total. The van der Waals surface area contributed by atoms with Crippen LogP contribution in [-0.2, 0) is 10.2 Å². The second kappa shape index (κ2) is 6.57. The fraction of sp³-hybridized carbons (Fsp3) is 0.300. The van der Waals surface area contributed by atoms with Gasteiger partial charge in [0.2, 0.25) is 5.91 Å². The Labute approximate surface area is 156 Å². The molecule has 0 radical (unpaired) electrons. The first-order chi connectivity index (χ1) is 13.0. The highest BCUT2D eigenvalue weighted by molar-refractivity contribution is 6.08. The van der Waals surface area contributed by atoms with Crippen molar-refractivity contribution in [2.24, 2.45) is 0 Å². The summed E-state index contributed by atoms with van der Waals surface area (Å²) >= 11 is 0. The Morgan fingerprint density at radius 2 is 1.89 bits per heavy atom. The number of hydrogen-bond acceptors (Lipinski definition) is 3. The topological polar surface area (TPSA) is 70.7 Å². The number of fused-ring (bicyclic) bond motifs is 2. The Balaban J connectivity index is 1.48. The van der Waals surface area contributed by atoms with Crippen molar-refractivity contribution in [2.45, 2.75) is 18.3 Å². The largest absolute Gasteiger partial charge is 0.495 e. The Morgan fingerprint density at radius 1 is 1.19 bits per heavy atom. The Bertz CT molecular complexity index is 890. The van der Waals surface area contributed by atoms with Gasteiger partial charge < -0.3 is 20.3 Å². The van der Waals surface area contributed by atoms with E-state index in [0.717, 1.165) is 11.3 Å². The molecule has 4 rings (SSSR count). The molecule has 0 unspecified atom stereocenters. The third-order valence-corrected chi connectivity index (χ3v) is 5.43. The Hall–Kier alpha value is -3.09. The summed E-state index contributed by atoms with van der Waals surface area (Å²) in [6, 6.07) is 11.0. The number of nitrogens with zero attached hydrogens (tertiary/aromatic N) is 1. The summed E-state index contributed by atoms with van der Waals surface area (Å²) in [5.41, 5.74) is 1.58. The van der Waals surface area contributed by atoms with Gasteiger partial charge in [0, 0.05) is 18.8 Å².